The van der Waals surface area contributed by atoms with Crippen LogP contribution in [0.1, 0.15) is 10.4 Å². The number of hydrogen-bond donors (Lipinski definition) is 2. The molecule has 0 aliphatic carbocycles. The Balaban J connectivity index is 2.21. The van der Waals surface area contributed by atoms with Gasteiger partial charge in [-0.25, -0.2) is 0 Å². The summed E-state index contributed by atoms with van der Waals surface area (Å²) >= 11 is 5.49. The lowest BCUT2D eigenvalue weighted by Crippen LogP contribution is -2.13. The first kappa shape index (κ1) is 13.4. The van der Waals surface area contributed by atoms with E-state index in [1.54, 1.807) is 18.2 Å². The predicted octanol–water partition coefficient (Wildman–Crippen LogP) is 3.89. The first-order chi connectivity index (χ1) is 8.56. The van der Waals surface area contributed by atoms with Gasteiger partial charge in [-0.15, -0.1) is 0 Å². The third-order valence-corrected chi connectivity index (χ3v) is 3.51. The van der Waals surface area contributed by atoms with Crippen LogP contribution >= 0.6 is 38.5 Å². The number of carbonyl (C=O) groups excluding carboxylic acids is 1. The van der Waals surface area contributed by atoms with Gasteiger partial charge in [-0.1, -0.05) is 22.0 Å². The third-order valence-electron chi connectivity index (χ3n) is 2.35. The van der Waals surface area contributed by atoms with E-state index in [2.05, 4.69) is 43.8 Å². The molecule has 2 aromatic carbocycles. The zero-order chi connectivity index (χ0) is 13.1. The first-order valence-electron chi connectivity index (χ1n) is 5.18. The molecule has 0 aromatic heterocycles. The Hall–Kier alpha value is -1.08. The van der Waals surface area contributed by atoms with E-state index >= 15 is 0 Å². The highest BCUT2D eigenvalue weighted by molar-refractivity contribution is 14.1. The summed E-state index contributed by atoms with van der Waals surface area (Å²) in [6.45, 7) is 0. The van der Waals surface area contributed by atoms with Crippen LogP contribution in [-0.2, 0) is 0 Å². The molecule has 2 rings (SSSR count). The number of halogens is 2. The standard InChI is InChI=1S/C13H10BrIN2O/c14-9-4-5-12(11(16)7-9)17-13(18)8-2-1-3-10(15)6-8/h1-7H,16H2,(H,17,18). The molecule has 92 valence electrons. The minimum atomic E-state index is -0.164. The van der Waals surface area contributed by atoms with E-state index in [-0.39, 0.29) is 5.91 Å². The Morgan fingerprint density at radius 1 is 1.22 bits per heavy atom. The van der Waals surface area contributed by atoms with Crippen LogP contribution < -0.4 is 11.1 Å². The monoisotopic (exact) mass is 416 g/mol. The van der Waals surface area contributed by atoms with Crippen molar-refractivity contribution < 1.29 is 4.79 Å². The van der Waals surface area contributed by atoms with Crippen molar-refractivity contribution in [1.82, 2.24) is 0 Å². The molecule has 0 atom stereocenters. The summed E-state index contributed by atoms with van der Waals surface area (Å²) in [6, 6.07) is 12.7. The van der Waals surface area contributed by atoms with Gasteiger partial charge < -0.3 is 11.1 Å². The van der Waals surface area contributed by atoms with Crippen molar-refractivity contribution in [2.75, 3.05) is 11.1 Å². The Bertz CT molecular complexity index is 601. The number of benzene rings is 2. The van der Waals surface area contributed by atoms with Gasteiger partial charge in [0.2, 0.25) is 0 Å². The van der Waals surface area contributed by atoms with Gasteiger partial charge in [-0.3, -0.25) is 4.79 Å². The maximum Gasteiger partial charge on any atom is 0.255 e. The topological polar surface area (TPSA) is 55.1 Å². The number of hydrogen-bond acceptors (Lipinski definition) is 2. The summed E-state index contributed by atoms with van der Waals surface area (Å²) in [5.41, 5.74) is 7.59. The van der Waals surface area contributed by atoms with Crippen LogP contribution in [0.15, 0.2) is 46.9 Å². The molecule has 1 amide bonds. The van der Waals surface area contributed by atoms with E-state index in [0.717, 1.165) is 8.04 Å². The maximum absolute atomic E-state index is 12.0. The molecule has 18 heavy (non-hydrogen) atoms. The van der Waals surface area contributed by atoms with Gasteiger partial charge in [0.15, 0.2) is 0 Å². The van der Waals surface area contributed by atoms with Crippen LogP contribution in [0.2, 0.25) is 0 Å². The number of nitrogens with one attached hydrogen (secondary N) is 1. The van der Waals surface area contributed by atoms with Crippen molar-refractivity contribution in [3.8, 4) is 0 Å². The average Bonchev–Trinajstić information content (AvgIpc) is 2.32. The summed E-state index contributed by atoms with van der Waals surface area (Å²) in [5, 5.41) is 2.79. The van der Waals surface area contributed by atoms with Crippen molar-refractivity contribution in [2.24, 2.45) is 0 Å². The summed E-state index contributed by atoms with van der Waals surface area (Å²) in [7, 11) is 0. The number of nitrogen functional groups attached to an aromatic ring is 1. The molecule has 5 heteroatoms. The van der Waals surface area contributed by atoms with Gasteiger partial charge in [0.05, 0.1) is 11.4 Å². The van der Waals surface area contributed by atoms with Crippen LogP contribution in [0.25, 0.3) is 0 Å². The Kier molecular flexibility index (Phi) is 4.23. The average molecular weight is 417 g/mol. The fourth-order valence-corrected chi connectivity index (χ4v) is 2.39. The fraction of sp³-hybridized carbons (Fsp3) is 0. The molecule has 2 aromatic rings. The zero-order valence-corrected chi connectivity index (χ0v) is 13.0. The Labute approximate surface area is 127 Å². The van der Waals surface area contributed by atoms with Crippen molar-refractivity contribution in [2.45, 2.75) is 0 Å². The van der Waals surface area contributed by atoms with Crippen molar-refractivity contribution in [3.63, 3.8) is 0 Å². The van der Waals surface area contributed by atoms with E-state index in [0.29, 0.717) is 16.9 Å². The second-order valence-corrected chi connectivity index (χ2v) is 5.86. The lowest BCUT2D eigenvalue weighted by atomic mass is 10.2. The Morgan fingerprint density at radius 3 is 2.67 bits per heavy atom. The molecule has 0 bridgehead atoms. The van der Waals surface area contributed by atoms with E-state index in [4.69, 9.17) is 5.73 Å². The highest BCUT2D eigenvalue weighted by atomic mass is 127. The van der Waals surface area contributed by atoms with Crippen molar-refractivity contribution >= 4 is 55.8 Å². The lowest BCUT2D eigenvalue weighted by molar-refractivity contribution is 0.102. The van der Waals surface area contributed by atoms with Crippen LogP contribution in [-0.4, -0.2) is 5.91 Å². The molecule has 0 aliphatic heterocycles. The molecule has 0 saturated carbocycles. The smallest absolute Gasteiger partial charge is 0.255 e. The van der Waals surface area contributed by atoms with E-state index in [9.17, 15) is 4.79 Å². The van der Waals surface area contributed by atoms with E-state index < -0.39 is 0 Å². The predicted molar refractivity (Wildman–Crippen MR) is 85.7 cm³/mol. The summed E-state index contributed by atoms with van der Waals surface area (Å²) < 4.78 is 1.90. The van der Waals surface area contributed by atoms with Gasteiger partial charge in [-0.2, -0.15) is 0 Å². The maximum atomic E-state index is 12.0. The lowest BCUT2D eigenvalue weighted by Gasteiger charge is -2.08. The molecule has 0 heterocycles. The summed E-state index contributed by atoms with van der Waals surface area (Å²) in [5.74, 6) is -0.164. The highest BCUT2D eigenvalue weighted by Crippen LogP contribution is 2.23. The minimum Gasteiger partial charge on any atom is -0.397 e. The second-order valence-electron chi connectivity index (χ2n) is 3.70. The van der Waals surface area contributed by atoms with Crippen molar-refractivity contribution in [1.29, 1.82) is 0 Å². The number of carbonyl (C=O) groups is 1. The first-order valence-corrected chi connectivity index (χ1v) is 7.05. The molecule has 0 saturated heterocycles. The van der Waals surface area contributed by atoms with Gasteiger partial charge >= 0.3 is 0 Å². The quantitative estimate of drug-likeness (QED) is 0.576. The number of rotatable bonds is 2. The fourth-order valence-electron chi connectivity index (χ4n) is 1.47. The molecule has 0 radical (unpaired) electrons. The van der Waals surface area contributed by atoms with Gasteiger partial charge in [-0.05, 0) is 59.0 Å². The highest BCUT2D eigenvalue weighted by Gasteiger charge is 2.08. The molecule has 3 nitrogen and oxygen atoms in total. The summed E-state index contributed by atoms with van der Waals surface area (Å²) in [4.78, 5) is 12.0. The molecule has 0 fully saturated rings. The molecule has 0 spiro atoms. The SMILES string of the molecule is Nc1cc(Br)ccc1NC(=O)c1cccc(I)c1. The number of nitrogens with two attached hydrogens (primary N) is 1. The molecule has 0 unspecified atom stereocenters. The van der Waals surface area contributed by atoms with Crippen LogP contribution in [0.3, 0.4) is 0 Å². The van der Waals surface area contributed by atoms with E-state index in [1.165, 1.54) is 0 Å². The molecular formula is C13H10BrIN2O. The van der Waals surface area contributed by atoms with Crippen LogP contribution in [0.4, 0.5) is 11.4 Å². The molecule has 0 aliphatic rings. The third kappa shape index (κ3) is 3.23. The summed E-state index contributed by atoms with van der Waals surface area (Å²) in [6.07, 6.45) is 0. The zero-order valence-electron chi connectivity index (χ0n) is 9.28. The van der Waals surface area contributed by atoms with Crippen LogP contribution in [0.5, 0.6) is 0 Å². The molecular weight excluding hydrogens is 407 g/mol. The van der Waals surface area contributed by atoms with Crippen molar-refractivity contribution in [3.05, 3.63) is 56.1 Å². The van der Waals surface area contributed by atoms with Gasteiger partial charge in [0.1, 0.15) is 0 Å². The number of anilines is 2. The minimum absolute atomic E-state index is 0.164. The van der Waals surface area contributed by atoms with Gasteiger partial charge in [0, 0.05) is 13.6 Å². The number of amides is 1. The second kappa shape index (κ2) is 5.71. The molecule has 3 N–H and O–H groups in total. The normalized spacial score (nSPS) is 10.1. The van der Waals surface area contributed by atoms with Gasteiger partial charge in [0.25, 0.3) is 5.91 Å². The Morgan fingerprint density at radius 2 is 2.00 bits per heavy atom. The largest absolute Gasteiger partial charge is 0.397 e. The van der Waals surface area contributed by atoms with E-state index in [1.807, 2.05) is 24.3 Å². The van der Waals surface area contributed by atoms with Crippen LogP contribution in [0, 0.1) is 3.57 Å².